The Morgan fingerprint density at radius 1 is 1.21 bits per heavy atom. The third-order valence-electron chi connectivity index (χ3n) is 4.47. The first-order valence-corrected chi connectivity index (χ1v) is 11.2. The smallest absolute Gasteiger partial charge is 0.348 e. The van der Waals surface area contributed by atoms with Gasteiger partial charge in [0.1, 0.15) is 21.4 Å². The third kappa shape index (κ3) is 4.06. The molecule has 4 rings (SSSR count). The fourth-order valence-corrected chi connectivity index (χ4v) is 5.02. The number of carbonyl (C=O) groups is 1. The van der Waals surface area contributed by atoms with E-state index in [9.17, 15) is 9.59 Å². The lowest BCUT2D eigenvalue weighted by Crippen LogP contribution is -2.12. The van der Waals surface area contributed by atoms with Crippen LogP contribution in [0.5, 0.6) is 0 Å². The molecule has 29 heavy (non-hydrogen) atoms. The van der Waals surface area contributed by atoms with Gasteiger partial charge in [0, 0.05) is 12.2 Å². The van der Waals surface area contributed by atoms with Crippen LogP contribution >= 0.6 is 23.1 Å². The van der Waals surface area contributed by atoms with Crippen molar-refractivity contribution in [2.75, 3.05) is 12.4 Å². The number of esters is 1. The van der Waals surface area contributed by atoms with Crippen molar-refractivity contribution >= 4 is 50.3 Å². The highest BCUT2D eigenvalue weighted by atomic mass is 32.2. The number of carbonyl (C=O) groups excluding carboxylic acids is 1. The van der Waals surface area contributed by atoms with Gasteiger partial charge >= 0.3 is 5.97 Å². The first kappa shape index (κ1) is 19.7. The number of thioether (sulfide) groups is 1. The number of para-hydroxylation sites is 2. The predicted octanol–water partition coefficient (Wildman–Crippen LogP) is 3.82. The van der Waals surface area contributed by atoms with Crippen LogP contribution in [0.1, 0.15) is 33.8 Å². The van der Waals surface area contributed by atoms with Crippen LogP contribution < -0.4 is 5.56 Å². The summed E-state index contributed by atoms with van der Waals surface area (Å²) in [6.07, 6.45) is 0.627. The van der Waals surface area contributed by atoms with E-state index in [1.807, 2.05) is 24.3 Å². The Balaban J connectivity index is 1.44. The van der Waals surface area contributed by atoms with E-state index in [4.69, 9.17) is 4.74 Å². The van der Waals surface area contributed by atoms with Crippen LogP contribution in [-0.4, -0.2) is 38.3 Å². The van der Waals surface area contributed by atoms with Crippen LogP contribution in [0.3, 0.4) is 0 Å². The number of H-pyrrole nitrogens is 2. The fraction of sp³-hybridized carbons (Fsp3) is 0.300. The number of imidazole rings is 1. The second-order valence-corrected chi connectivity index (χ2v) is 8.58. The largest absolute Gasteiger partial charge is 0.462 e. The Hall–Kier alpha value is -2.65. The number of hydrogen-bond donors (Lipinski definition) is 2. The number of aromatic nitrogens is 4. The van der Waals surface area contributed by atoms with Gasteiger partial charge in [-0.25, -0.2) is 14.8 Å². The fourth-order valence-electron chi connectivity index (χ4n) is 3.11. The Morgan fingerprint density at radius 2 is 2.03 bits per heavy atom. The molecule has 4 aromatic rings. The van der Waals surface area contributed by atoms with Gasteiger partial charge in [0.05, 0.1) is 28.8 Å². The number of hydrogen-bond acceptors (Lipinski definition) is 7. The van der Waals surface area contributed by atoms with E-state index in [0.717, 1.165) is 28.4 Å². The van der Waals surface area contributed by atoms with Gasteiger partial charge < -0.3 is 14.7 Å². The standard InChI is InChI=1S/C20H20N4O3S2/c1-3-27-20(26)17-11(2)16-18(25)23-14(24-19(16)29-17)8-9-28-10-15-21-12-6-4-5-7-13(12)22-15/h4-7H,3,8-10H2,1-2H3,(H,21,22)(H,23,24,25). The van der Waals surface area contributed by atoms with Gasteiger partial charge in [-0.3, -0.25) is 4.79 Å². The summed E-state index contributed by atoms with van der Waals surface area (Å²) in [5.74, 6) is 2.69. The zero-order valence-corrected chi connectivity index (χ0v) is 17.7. The topological polar surface area (TPSA) is 101 Å². The number of aryl methyl sites for hydroxylation is 2. The Bertz CT molecular complexity index is 1210. The van der Waals surface area contributed by atoms with Gasteiger partial charge in [-0.15, -0.1) is 11.3 Å². The Kier molecular flexibility index (Phi) is 5.68. The van der Waals surface area contributed by atoms with Crippen molar-refractivity contribution in [1.29, 1.82) is 0 Å². The van der Waals surface area contributed by atoms with Gasteiger partial charge in [0.25, 0.3) is 5.56 Å². The lowest BCUT2D eigenvalue weighted by atomic mass is 10.2. The number of aromatic amines is 2. The first-order valence-electron chi connectivity index (χ1n) is 9.27. The first-order chi connectivity index (χ1) is 14.1. The molecule has 9 heteroatoms. The molecular weight excluding hydrogens is 408 g/mol. The molecule has 0 bridgehead atoms. The van der Waals surface area contributed by atoms with Crippen molar-refractivity contribution in [3.8, 4) is 0 Å². The molecule has 7 nitrogen and oxygen atoms in total. The predicted molar refractivity (Wildman–Crippen MR) is 117 cm³/mol. The highest BCUT2D eigenvalue weighted by molar-refractivity contribution is 7.98. The Labute approximate surface area is 174 Å². The van der Waals surface area contributed by atoms with E-state index in [1.165, 1.54) is 11.3 Å². The van der Waals surface area contributed by atoms with Crippen LogP contribution in [0.4, 0.5) is 0 Å². The molecule has 0 fully saturated rings. The number of thiophene rings is 1. The average molecular weight is 429 g/mol. The summed E-state index contributed by atoms with van der Waals surface area (Å²) in [6, 6.07) is 7.94. The third-order valence-corrected chi connectivity index (χ3v) is 6.61. The summed E-state index contributed by atoms with van der Waals surface area (Å²) in [6.45, 7) is 3.81. The molecule has 0 aliphatic carbocycles. The molecule has 0 saturated carbocycles. The van der Waals surface area contributed by atoms with E-state index in [2.05, 4.69) is 19.9 Å². The van der Waals surface area contributed by atoms with Gasteiger partial charge in [-0.2, -0.15) is 11.8 Å². The molecule has 0 atom stereocenters. The van der Waals surface area contributed by atoms with E-state index in [-0.39, 0.29) is 5.56 Å². The SMILES string of the molecule is CCOC(=O)c1sc2nc(CCSCc3nc4ccccc4[nH]3)[nH]c(=O)c2c1C. The average Bonchev–Trinajstić information content (AvgIpc) is 3.26. The summed E-state index contributed by atoms with van der Waals surface area (Å²) >= 11 is 2.93. The maximum atomic E-state index is 12.5. The van der Waals surface area contributed by atoms with Crippen molar-refractivity contribution in [1.82, 2.24) is 19.9 Å². The molecule has 0 amide bonds. The molecule has 0 radical (unpaired) electrons. The molecular formula is C20H20N4O3S2. The molecule has 0 aliphatic rings. The minimum Gasteiger partial charge on any atom is -0.462 e. The van der Waals surface area contributed by atoms with Crippen LogP contribution in [0.2, 0.25) is 0 Å². The quantitative estimate of drug-likeness (QED) is 0.343. The molecule has 0 spiro atoms. The lowest BCUT2D eigenvalue weighted by molar-refractivity contribution is 0.0531. The zero-order valence-electron chi connectivity index (χ0n) is 16.1. The summed E-state index contributed by atoms with van der Waals surface area (Å²) < 4.78 is 5.07. The van der Waals surface area contributed by atoms with Crippen LogP contribution in [-0.2, 0) is 16.9 Å². The van der Waals surface area contributed by atoms with Gasteiger partial charge in [0.2, 0.25) is 0 Å². The van der Waals surface area contributed by atoms with Crippen LogP contribution in [0, 0.1) is 6.92 Å². The van der Waals surface area contributed by atoms with E-state index in [0.29, 0.717) is 39.5 Å². The maximum absolute atomic E-state index is 12.5. The van der Waals surface area contributed by atoms with E-state index >= 15 is 0 Å². The number of nitrogens with one attached hydrogen (secondary N) is 2. The lowest BCUT2D eigenvalue weighted by Gasteiger charge is -2.01. The Morgan fingerprint density at radius 3 is 2.83 bits per heavy atom. The minimum atomic E-state index is -0.407. The van der Waals surface area contributed by atoms with Gasteiger partial charge in [0.15, 0.2) is 0 Å². The van der Waals surface area contributed by atoms with E-state index < -0.39 is 5.97 Å². The van der Waals surface area contributed by atoms with Gasteiger partial charge in [-0.1, -0.05) is 12.1 Å². The van der Waals surface area contributed by atoms with Crippen molar-refractivity contribution in [3.05, 3.63) is 56.7 Å². The number of rotatable bonds is 7. The second kappa shape index (κ2) is 8.38. The molecule has 0 saturated heterocycles. The second-order valence-electron chi connectivity index (χ2n) is 6.47. The summed E-state index contributed by atoms with van der Waals surface area (Å²) in [4.78, 5) is 40.9. The van der Waals surface area contributed by atoms with Crippen molar-refractivity contribution < 1.29 is 9.53 Å². The zero-order chi connectivity index (χ0) is 20.4. The van der Waals surface area contributed by atoms with Crippen molar-refractivity contribution in [2.24, 2.45) is 0 Å². The molecule has 3 aromatic heterocycles. The highest BCUT2D eigenvalue weighted by Gasteiger charge is 2.20. The highest BCUT2D eigenvalue weighted by Crippen LogP contribution is 2.27. The van der Waals surface area contributed by atoms with Crippen molar-refractivity contribution in [3.63, 3.8) is 0 Å². The molecule has 2 N–H and O–H groups in total. The number of fused-ring (bicyclic) bond motifs is 2. The van der Waals surface area contributed by atoms with Gasteiger partial charge in [-0.05, 0) is 31.5 Å². The summed E-state index contributed by atoms with van der Waals surface area (Å²) in [7, 11) is 0. The minimum absolute atomic E-state index is 0.211. The van der Waals surface area contributed by atoms with E-state index in [1.54, 1.807) is 25.6 Å². The van der Waals surface area contributed by atoms with Crippen molar-refractivity contribution in [2.45, 2.75) is 26.0 Å². The summed E-state index contributed by atoms with van der Waals surface area (Å²) in [5.41, 5.74) is 2.41. The molecule has 150 valence electrons. The summed E-state index contributed by atoms with van der Waals surface area (Å²) in [5, 5.41) is 0.469. The normalized spacial score (nSPS) is 11.4. The monoisotopic (exact) mass is 428 g/mol. The number of benzene rings is 1. The molecule has 0 aliphatic heterocycles. The maximum Gasteiger partial charge on any atom is 0.348 e. The number of ether oxygens (including phenoxy) is 1. The molecule has 3 heterocycles. The van der Waals surface area contributed by atoms with Crippen LogP contribution in [0.15, 0.2) is 29.1 Å². The molecule has 1 aromatic carbocycles. The number of nitrogens with zero attached hydrogens (tertiary/aromatic N) is 2. The molecule has 0 unspecified atom stereocenters. The van der Waals surface area contributed by atoms with Crippen LogP contribution in [0.25, 0.3) is 21.3 Å².